The van der Waals surface area contributed by atoms with Gasteiger partial charge in [-0.2, -0.15) is 0 Å². The van der Waals surface area contributed by atoms with Gasteiger partial charge < -0.3 is 106 Å². The number of azide groups is 2. The number of thioether (sulfide) groups is 2. The van der Waals surface area contributed by atoms with Gasteiger partial charge in [-0.05, 0) is 125 Å². The summed E-state index contributed by atoms with van der Waals surface area (Å²) in [5, 5.41) is 10.2. The maximum absolute atomic E-state index is 12.5. The van der Waals surface area contributed by atoms with Crippen molar-refractivity contribution in [1.29, 1.82) is 0 Å². The summed E-state index contributed by atoms with van der Waals surface area (Å²) in [7, 11) is 13.8. The Kier molecular flexibility index (Phi) is 44.9. The molecule has 1 N–H and O–H groups in total. The van der Waals surface area contributed by atoms with Crippen LogP contribution in [-0.2, 0) is 93.8 Å². The SMILES string of the molecule is C=C1N(C)C(=O)C(C)=CN1[C@H]1C=C[C@@H](COC)O1.C=C1N(C)C(=O)C(C)=CN1[C@H]1CC(N=[N+]=[N-])[C@@H](COC)O1.C=C1N=C(N(C)C)C=CN1[C@H]1CS[C@@H](COC)O1.C=C1N=C(N(CC)CC)C=CN1[C@H]1CS[C@@H](COCC)O1.C=C1NC(=O)C(C)=CN1[C@H]1C=C[C@@H](COC)O1.CCOC[C@@H]1C=C[C@H](n2cc(C)c(=O)n(CC)c2=O)O1.CCOC[C@H]1O[C@@H](n2cc(C)c(=O)n(CC)c2=O)CC1N=[N+]=[N-]. The van der Waals surface area contributed by atoms with Crippen molar-refractivity contribution in [2.75, 3.05) is 147 Å². The highest BCUT2D eigenvalue weighted by Gasteiger charge is 2.43. The first kappa shape index (κ1) is 112. The number of hydrogen-bond donors (Lipinski definition) is 1. The van der Waals surface area contributed by atoms with Crippen molar-refractivity contribution >= 4 is 52.9 Å². The minimum absolute atomic E-state index is 0.00800. The normalized spacial score (nSPS) is 26.2. The molecule has 12 aliphatic rings. The Hall–Kier alpha value is -10.9. The van der Waals surface area contributed by atoms with E-state index in [1.54, 1.807) is 149 Å². The van der Waals surface area contributed by atoms with Gasteiger partial charge in [0, 0.05) is 208 Å². The van der Waals surface area contributed by atoms with Crippen molar-refractivity contribution in [2.45, 2.75) is 206 Å². The van der Waals surface area contributed by atoms with Crippen molar-refractivity contribution in [1.82, 2.24) is 67.7 Å². The number of ether oxygens (including phenoxy) is 14. The zero-order valence-electron chi connectivity index (χ0n) is 82.9. The molecule has 45 heteroatoms. The predicted octanol–water partition coefficient (Wildman–Crippen LogP) is 9.32. The maximum Gasteiger partial charge on any atom is 0.333 e. The van der Waals surface area contributed by atoms with E-state index in [1.807, 2.05) is 115 Å². The summed E-state index contributed by atoms with van der Waals surface area (Å²) < 4.78 is 82.4. The fraction of sp³-hybridized carbons (Fsp3) is 0.581. The van der Waals surface area contributed by atoms with Crippen LogP contribution < -0.4 is 27.8 Å². The fourth-order valence-corrected chi connectivity index (χ4v) is 17.4. The second-order valence-corrected chi connectivity index (χ2v) is 35.0. The van der Waals surface area contributed by atoms with Gasteiger partial charge in [-0.3, -0.25) is 52.0 Å². The van der Waals surface area contributed by atoms with Gasteiger partial charge in [0.1, 0.15) is 94.9 Å². The molecule has 758 valence electrons. The number of nitrogens with zero attached hydrogens (tertiary/aromatic N) is 21. The molecule has 43 nitrogen and oxygen atoms in total. The Morgan fingerprint density at radius 2 is 0.906 bits per heavy atom. The van der Waals surface area contributed by atoms with Crippen molar-refractivity contribution < 1.29 is 80.7 Å². The van der Waals surface area contributed by atoms with Crippen LogP contribution in [0.25, 0.3) is 20.9 Å². The quantitative estimate of drug-likeness (QED) is 0.0329. The molecule has 0 aromatic carbocycles. The Bertz CT molecular complexity index is 5260. The summed E-state index contributed by atoms with van der Waals surface area (Å²) >= 11 is 3.53. The van der Waals surface area contributed by atoms with Crippen molar-refractivity contribution in [3.8, 4) is 0 Å². The summed E-state index contributed by atoms with van der Waals surface area (Å²) in [6.45, 7) is 49.6. The highest BCUT2D eigenvalue weighted by Crippen LogP contribution is 2.37. The van der Waals surface area contributed by atoms with E-state index in [-0.39, 0.29) is 120 Å². The largest absolute Gasteiger partial charge is 0.382 e. The number of aliphatic imine (C=N–C) groups is 2. The van der Waals surface area contributed by atoms with E-state index in [4.69, 9.17) is 77.4 Å². The van der Waals surface area contributed by atoms with Crippen LogP contribution in [0.2, 0.25) is 0 Å². The molecule has 2 aromatic heterocycles. The predicted molar refractivity (Wildman–Crippen MR) is 526 cm³/mol. The lowest BCUT2D eigenvalue weighted by atomic mass is 10.1. The molecule has 12 aliphatic heterocycles. The van der Waals surface area contributed by atoms with E-state index in [0.29, 0.717) is 123 Å². The second-order valence-electron chi connectivity index (χ2n) is 32.6. The molecule has 14 rings (SSSR count). The van der Waals surface area contributed by atoms with Gasteiger partial charge in [-0.25, -0.2) is 19.6 Å². The van der Waals surface area contributed by atoms with Crippen LogP contribution in [0.15, 0.2) is 210 Å². The summed E-state index contributed by atoms with van der Waals surface area (Å²) in [6, 6.07) is -0.713. The number of aryl methyl sites for hydroxylation is 2. The average molecular weight is 1960 g/mol. The topological polar surface area (TPSA) is 432 Å². The Labute approximate surface area is 815 Å². The lowest BCUT2D eigenvalue weighted by Gasteiger charge is -2.37. The number of carbonyl (C=O) groups is 3. The van der Waals surface area contributed by atoms with Crippen LogP contribution in [-0.4, -0.2) is 324 Å². The molecule has 16 atom stereocenters. The molecule has 0 saturated carbocycles. The van der Waals surface area contributed by atoms with Gasteiger partial charge in [0.25, 0.3) is 28.8 Å². The standard InChI is InChI=1S/C15H25N3O2S.C14H21N5O4.C14H20N2O4.C13H19N5O3.C13H18N2O3.C12H19N3O2S.C12H16N2O3/c1-5-17(6-2)13-8-9-18(12(4)16-13)14-11-21-15(20-14)10-19-7-3;1-4-18-13(20)9(3)7-19(14(18)21)12-6-10(16-17-15)11(23-12)8-22-5-2;1-4-15-13(17)10(3)8-16(14(15)18)12-7-6-11(20-12)9-19-5-2;1-8-6-18(9(2)17(3)13(8)19)12-5-10(15-16-14)11(21-12)7-20-4;1-9-7-15(10(2)14(3)13(9)16)12-6-5-11(18-12)8-17-4;1-9-13-10(14(2)3)5-6-15(9)11-8-18-12(17-11)7-16-4;1-8-6-14(9(2)13-12(8)15)11-5-4-10(17-11)7-16-3/h8-9,14-15H,4-7,10-11H2,1-3H3;7,10-12H,4-6,8H2,1-3H3;6-8,11-12H,4-5,9H2,1-3H3;6,10-12H,2,5,7H2,1,3-4H3;5-7,11-12H,2,8H2,1,3-4H3;5-6,11-12H,1,7-8H2,2-4H3;4-6,10-11H,2,7H2,1,3H3,(H,13,15)/t14-,15+;10?,11-,12-;11-,12+;10?,11-,12-;2*11-,12+;10-,11+/m1101010/s1. The molecule has 0 radical (unpaired) electrons. The van der Waals surface area contributed by atoms with Crippen LogP contribution in [0.3, 0.4) is 0 Å². The molecular weight excluding hydrogens is 1830 g/mol. The molecule has 4 fully saturated rings. The molecule has 0 spiro atoms. The van der Waals surface area contributed by atoms with Gasteiger partial charge in [-0.1, -0.05) is 61.4 Å². The summed E-state index contributed by atoms with van der Waals surface area (Å²) in [6.07, 6.45) is 25.8. The summed E-state index contributed by atoms with van der Waals surface area (Å²) in [4.78, 5) is 115. The number of nitrogens with one attached hydrogen (secondary N) is 1. The van der Waals surface area contributed by atoms with Gasteiger partial charge in [0.15, 0.2) is 18.7 Å². The fourth-order valence-electron chi connectivity index (χ4n) is 15.3. The van der Waals surface area contributed by atoms with Gasteiger partial charge in [0.05, 0.1) is 70.5 Å². The van der Waals surface area contributed by atoms with E-state index in [2.05, 4.69) is 87.0 Å². The molecule has 3 amide bonds. The number of carbonyl (C=O) groups excluding carboxylic acids is 3. The average Bonchev–Trinajstić information content (AvgIpc) is 1.65. The lowest BCUT2D eigenvalue weighted by Crippen LogP contribution is -2.43. The number of amides is 3. The van der Waals surface area contributed by atoms with Crippen LogP contribution in [0, 0.1) is 13.8 Å². The van der Waals surface area contributed by atoms with Crippen LogP contribution in [0.5, 0.6) is 0 Å². The Balaban J connectivity index is 0.000000198. The first-order chi connectivity index (χ1) is 66.1. The van der Waals surface area contributed by atoms with E-state index in [1.165, 1.54) is 29.7 Å². The third-order valence-electron chi connectivity index (χ3n) is 22.8. The number of amidine groups is 2. The smallest absolute Gasteiger partial charge is 0.333 e. The summed E-state index contributed by atoms with van der Waals surface area (Å²) in [5.41, 5.74) is 19.1. The van der Waals surface area contributed by atoms with Crippen molar-refractivity contribution in [3.05, 3.63) is 244 Å². The number of methoxy groups -OCH3 is 4. The van der Waals surface area contributed by atoms with E-state index < -0.39 is 30.3 Å². The third-order valence-corrected chi connectivity index (χ3v) is 25.0. The minimum atomic E-state index is -0.583. The molecule has 4 saturated heterocycles. The first-order valence-electron chi connectivity index (χ1n) is 45.6. The zero-order valence-corrected chi connectivity index (χ0v) is 84.6. The van der Waals surface area contributed by atoms with Crippen LogP contribution in [0.4, 0.5) is 0 Å². The lowest BCUT2D eigenvalue weighted by molar-refractivity contribution is -0.128. The molecule has 14 heterocycles. The van der Waals surface area contributed by atoms with Gasteiger partial charge >= 0.3 is 11.4 Å². The van der Waals surface area contributed by atoms with Crippen molar-refractivity contribution in [2.24, 2.45) is 20.2 Å². The highest BCUT2D eigenvalue weighted by molar-refractivity contribution is 8.00. The second kappa shape index (κ2) is 55.2. The van der Waals surface area contributed by atoms with Gasteiger partial charge in [-0.15, -0.1) is 23.5 Å². The van der Waals surface area contributed by atoms with Gasteiger partial charge in [0.2, 0.25) is 0 Å². The van der Waals surface area contributed by atoms with Crippen LogP contribution in [0.1, 0.15) is 106 Å². The van der Waals surface area contributed by atoms with Crippen molar-refractivity contribution in [3.63, 3.8) is 0 Å². The molecule has 138 heavy (non-hydrogen) atoms. The number of aromatic nitrogens is 4. The molecule has 0 aliphatic carbocycles. The maximum atomic E-state index is 12.5. The van der Waals surface area contributed by atoms with E-state index in [0.717, 1.165) is 53.3 Å². The zero-order chi connectivity index (χ0) is 101. The van der Waals surface area contributed by atoms with E-state index >= 15 is 0 Å². The third kappa shape index (κ3) is 29.8. The molecule has 2 unspecified atom stereocenters. The number of likely N-dealkylation sites (N-methyl/N-ethyl adjacent to an activating group) is 4. The van der Waals surface area contributed by atoms with Crippen LogP contribution >= 0.6 is 23.5 Å². The Morgan fingerprint density at radius 1 is 0.486 bits per heavy atom. The highest BCUT2D eigenvalue weighted by atomic mass is 32.2. The molecule has 2 aromatic rings. The van der Waals surface area contributed by atoms with E-state index in [9.17, 15) is 33.6 Å². The minimum Gasteiger partial charge on any atom is -0.382 e. The Morgan fingerprint density at radius 3 is 1.40 bits per heavy atom. The number of rotatable bonds is 30. The molecular formula is C93H138N22O21S2. The number of hydrogen-bond acceptors (Lipinski definition) is 34. The first-order valence-corrected chi connectivity index (χ1v) is 47.7. The monoisotopic (exact) mass is 1960 g/mol. The molecule has 0 bridgehead atoms. The summed E-state index contributed by atoms with van der Waals surface area (Å²) in [5.74, 6) is 6.53.